The SMILES string of the molecule is CC(CO)(CO)Nc1nc2ccc(N)cc2[nH]1. The van der Waals surface area contributed by atoms with Crippen LogP contribution in [0.2, 0.25) is 0 Å². The molecular weight excluding hydrogens is 220 g/mol. The molecule has 0 amide bonds. The lowest BCUT2D eigenvalue weighted by Gasteiger charge is -2.25. The molecule has 0 bridgehead atoms. The average Bonchev–Trinajstić information content (AvgIpc) is 2.70. The number of aliphatic hydroxyl groups excluding tert-OH is 2. The number of aliphatic hydroxyl groups is 2. The Morgan fingerprint density at radius 1 is 1.41 bits per heavy atom. The van der Waals surface area contributed by atoms with Crippen LogP contribution in [0, 0.1) is 0 Å². The topological polar surface area (TPSA) is 107 Å². The standard InChI is InChI=1S/C11H16N4O2/c1-11(5-16,6-17)15-10-13-8-3-2-7(12)4-9(8)14-10/h2-4,16-17H,5-6,12H2,1H3,(H2,13,14,15). The van der Waals surface area contributed by atoms with Crippen molar-refractivity contribution >= 4 is 22.7 Å². The van der Waals surface area contributed by atoms with Gasteiger partial charge >= 0.3 is 0 Å². The van der Waals surface area contributed by atoms with Crippen LogP contribution in [0.15, 0.2) is 18.2 Å². The van der Waals surface area contributed by atoms with Gasteiger partial charge in [0, 0.05) is 5.69 Å². The second kappa shape index (κ2) is 4.23. The first kappa shape index (κ1) is 11.7. The van der Waals surface area contributed by atoms with Gasteiger partial charge in [-0.2, -0.15) is 0 Å². The summed E-state index contributed by atoms with van der Waals surface area (Å²) in [6.07, 6.45) is 0. The molecule has 1 aromatic heterocycles. The number of hydrogen-bond donors (Lipinski definition) is 5. The van der Waals surface area contributed by atoms with E-state index in [9.17, 15) is 10.2 Å². The number of aromatic amines is 1. The van der Waals surface area contributed by atoms with Crippen molar-refractivity contribution in [2.75, 3.05) is 24.3 Å². The van der Waals surface area contributed by atoms with Gasteiger partial charge in [0.1, 0.15) is 0 Å². The van der Waals surface area contributed by atoms with Crippen molar-refractivity contribution in [3.05, 3.63) is 18.2 Å². The van der Waals surface area contributed by atoms with Gasteiger partial charge in [-0.25, -0.2) is 4.98 Å². The number of H-pyrrole nitrogens is 1. The number of nitrogens with two attached hydrogens (primary N) is 1. The highest BCUT2D eigenvalue weighted by Gasteiger charge is 2.23. The summed E-state index contributed by atoms with van der Waals surface area (Å²) in [6.45, 7) is 1.32. The summed E-state index contributed by atoms with van der Waals surface area (Å²) >= 11 is 0. The van der Waals surface area contributed by atoms with E-state index < -0.39 is 5.54 Å². The summed E-state index contributed by atoms with van der Waals surface area (Å²) in [5, 5.41) is 21.3. The van der Waals surface area contributed by atoms with Gasteiger partial charge in [-0.1, -0.05) is 0 Å². The zero-order valence-electron chi connectivity index (χ0n) is 9.57. The molecule has 0 saturated carbocycles. The number of benzene rings is 1. The molecule has 0 spiro atoms. The van der Waals surface area contributed by atoms with E-state index in [1.807, 2.05) is 6.07 Å². The number of imidazole rings is 1. The van der Waals surface area contributed by atoms with Crippen molar-refractivity contribution in [1.29, 1.82) is 0 Å². The lowest BCUT2D eigenvalue weighted by molar-refractivity contribution is 0.147. The van der Waals surface area contributed by atoms with Gasteiger partial charge in [-0.15, -0.1) is 0 Å². The molecule has 92 valence electrons. The smallest absolute Gasteiger partial charge is 0.201 e. The Hall–Kier alpha value is -1.79. The van der Waals surface area contributed by atoms with E-state index in [0.29, 0.717) is 11.6 Å². The highest BCUT2D eigenvalue weighted by atomic mass is 16.3. The molecule has 0 aliphatic heterocycles. The van der Waals surface area contributed by atoms with E-state index in [0.717, 1.165) is 11.0 Å². The average molecular weight is 236 g/mol. The zero-order valence-corrected chi connectivity index (χ0v) is 9.57. The Balaban J connectivity index is 2.31. The van der Waals surface area contributed by atoms with Crippen LogP contribution >= 0.6 is 0 Å². The third-order valence-corrected chi connectivity index (χ3v) is 2.62. The number of fused-ring (bicyclic) bond motifs is 1. The Bertz CT molecular complexity index is 519. The predicted molar refractivity (Wildman–Crippen MR) is 66.7 cm³/mol. The minimum absolute atomic E-state index is 0.192. The van der Waals surface area contributed by atoms with Crippen LogP contribution in [-0.4, -0.2) is 38.9 Å². The monoisotopic (exact) mass is 236 g/mol. The lowest BCUT2D eigenvalue weighted by Crippen LogP contribution is -2.42. The molecule has 2 rings (SSSR count). The summed E-state index contributed by atoms with van der Waals surface area (Å²) in [5.41, 5.74) is 7.10. The van der Waals surface area contributed by atoms with Crippen molar-refractivity contribution in [3.8, 4) is 0 Å². The van der Waals surface area contributed by atoms with Crippen molar-refractivity contribution in [2.24, 2.45) is 0 Å². The molecule has 0 unspecified atom stereocenters. The molecule has 6 N–H and O–H groups in total. The molecular formula is C11H16N4O2. The van der Waals surface area contributed by atoms with Gasteiger partial charge < -0.3 is 26.2 Å². The van der Waals surface area contributed by atoms with Gasteiger partial charge in [0.15, 0.2) is 0 Å². The fraction of sp³-hybridized carbons (Fsp3) is 0.364. The number of aromatic nitrogens is 2. The summed E-state index contributed by atoms with van der Waals surface area (Å²) in [5.74, 6) is 0.496. The van der Waals surface area contributed by atoms with Crippen molar-refractivity contribution in [3.63, 3.8) is 0 Å². The minimum atomic E-state index is -0.806. The Kier molecular flexibility index (Phi) is 2.91. The molecule has 0 radical (unpaired) electrons. The van der Waals surface area contributed by atoms with Crippen LogP contribution in [-0.2, 0) is 0 Å². The highest BCUT2D eigenvalue weighted by molar-refractivity contribution is 5.80. The molecule has 0 aliphatic rings. The second-order valence-electron chi connectivity index (χ2n) is 4.36. The van der Waals surface area contributed by atoms with Crippen LogP contribution in [0.1, 0.15) is 6.92 Å². The molecule has 1 heterocycles. The van der Waals surface area contributed by atoms with Crippen molar-refractivity contribution < 1.29 is 10.2 Å². The maximum Gasteiger partial charge on any atom is 0.201 e. The van der Waals surface area contributed by atoms with Gasteiger partial charge in [0.2, 0.25) is 5.95 Å². The molecule has 0 atom stereocenters. The second-order valence-corrected chi connectivity index (χ2v) is 4.36. The number of nitrogen functional groups attached to an aromatic ring is 1. The van der Waals surface area contributed by atoms with Crippen molar-refractivity contribution in [2.45, 2.75) is 12.5 Å². The quantitative estimate of drug-likeness (QED) is 0.491. The number of nitrogens with one attached hydrogen (secondary N) is 2. The van der Waals surface area contributed by atoms with E-state index in [1.54, 1.807) is 19.1 Å². The number of anilines is 2. The van der Waals surface area contributed by atoms with E-state index in [2.05, 4.69) is 15.3 Å². The number of rotatable bonds is 4. The fourth-order valence-corrected chi connectivity index (χ4v) is 1.50. The van der Waals surface area contributed by atoms with Gasteiger partial charge in [0.05, 0.1) is 29.8 Å². The summed E-state index contributed by atoms with van der Waals surface area (Å²) in [6, 6.07) is 5.36. The first-order valence-electron chi connectivity index (χ1n) is 5.31. The van der Waals surface area contributed by atoms with Gasteiger partial charge in [0.25, 0.3) is 0 Å². The third kappa shape index (κ3) is 2.32. The normalized spacial score (nSPS) is 11.9. The Morgan fingerprint density at radius 2 is 2.12 bits per heavy atom. The van der Waals surface area contributed by atoms with Crippen LogP contribution in [0.25, 0.3) is 11.0 Å². The minimum Gasteiger partial charge on any atom is -0.399 e. The summed E-state index contributed by atoms with van der Waals surface area (Å²) in [7, 11) is 0. The van der Waals surface area contributed by atoms with Crippen molar-refractivity contribution in [1.82, 2.24) is 9.97 Å². The molecule has 0 aliphatic carbocycles. The summed E-state index contributed by atoms with van der Waals surface area (Å²) < 4.78 is 0. The predicted octanol–water partition coefficient (Wildman–Crippen LogP) is 0.300. The lowest BCUT2D eigenvalue weighted by atomic mass is 10.1. The van der Waals surface area contributed by atoms with E-state index >= 15 is 0 Å². The van der Waals surface area contributed by atoms with E-state index in [4.69, 9.17) is 5.73 Å². The van der Waals surface area contributed by atoms with Crippen LogP contribution in [0.3, 0.4) is 0 Å². The molecule has 0 saturated heterocycles. The first-order chi connectivity index (χ1) is 8.06. The maximum absolute atomic E-state index is 9.18. The van der Waals surface area contributed by atoms with Gasteiger partial charge in [-0.05, 0) is 25.1 Å². The van der Waals surface area contributed by atoms with Crippen LogP contribution < -0.4 is 11.1 Å². The molecule has 0 fully saturated rings. The molecule has 2 aromatic rings. The highest BCUT2D eigenvalue weighted by Crippen LogP contribution is 2.19. The van der Waals surface area contributed by atoms with Gasteiger partial charge in [-0.3, -0.25) is 0 Å². The van der Waals surface area contributed by atoms with Crippen LogP contribution in [0.4, 0.5) is 11.6 Å². The maximum atomic E-state index is 9.18. The van der Waals surface area contributed by atoms with E-state index in [1.165, 1.54) is 0 Å². The first-order valence-corrected chi connectivity index (χ1v) is 5.31. The number of nitrogens with zero attached hydrogens (tertiary/aromatic N) is 1. The number of hydrogen-bond acceptors (Lipinski definition) is 5. The molecule has 1 aromatic carbocycles. The largest absolute Gasteiger partial charge is 0.399 e. The Morgan fingerprint density at radius 3 is 2.76 bits per heavy atom. The van der Waals surface area contributed by atoms with Crippen LogP contribution in [0.5, 0.6) is 0 Å². The molecule has 6 heteroatoms. The molecule has 6 nitrogen and oxygen atoms in total. The zero-order chi connectivity index (χ0) is 12.5. The molecule has 17 heavy (non-hydrogen) atoms. The summed E-state index contributed by atoms with van der Waals surface area (Å²) in [4.78, 5) is 7.33. The Labute approximate surface area is 98.5 Å². The third-order valence-electron chi connectivity index (χ3n) is 2.62. The fourth-order valence-electron chi connectivity index (χ4n) is 1.50. The van der Waals surface area contributed by atoms with E-state index in [-0.39, 0.29) is 13.2 Å².